The molecule has 145 valence electrons. The number of carbonyl (C=O) groups is 1. The summed E-state index contributed by atoms with van der Waals surface area (Å²) in [6.45, 7) is 4.57. The Morgan fingerprint density at radius 2 is 1.39 bits per heavy atom. The number of urea groups is 1. The monoisotopic (exact) mass is 416 g/mol. The predicted octanol–water partition coefficient (Wildman–Crippen LogP) is 6.73. The molecule has 1 N–H and O–H groups in total. The molecule has 0 aliphatic carbocycles. The third-order valence-corrected chi connectivity index (χ3v) is 4.47. The minimum absolute atomic E-state index is 0. The fourth-order valence-corrected chi connectivity index (χ4v) is 2.93. The molecule has 3 aromatic rings. The van der Waals surface area contributed by atoms with Crippen molar-refractivity contribution in [3.63, 3.8) is 0 Å². The SMILES string of the molecule is Cc1ccc(N2C(=O)[N-]CC2c2ccccc2)cc1.Cc1ccc([NH-])cc1.[Co+2]. The summed E-state index contributed by atoms with van der Waals surface area (Å²) >= 11 is 0. The Morgan fingerprint density at radius 1 is 0.857 bits per heavy atom. The first-order valence-electron chi connectivity index (χ1n) is 8.95. The van der Waals surface area contributed by atoms with E-state index < -0.39 is 0 Å². The summed E-state index contributed by atoms with van der Waals surface area (Å²) in [4.78, 5) is 13.8. The molecule has 1 fully saturated rings. The molecule has 28 heavy (non-hydrogen) atoms. The van der Waals surface area contributed by atoms with Crippen molar-refractivity contribution in [3.8, 4) is 0 Å². The van der Waals surface area contributed by atoms with Gasteiger partial charge in [0.1, 0.15) is 0 Å². The zero-order chi connectivity index (χ0) is 19.2. The number of rotatable bonds is 2. The second kappa shape index (κ2) is 9.97. The molecule has 1 aliphatic heterocycles. The molecule has 5 heteroatoms. The van der Waals surface area contributed by atoms with E-state index in [0.717, 1.165) is 11.3 Å². The van der Waals surface area contributed by atoms with Gasteiger partial charge in [-0.05, 0) is 37.7 Å². The summed E-state index contributed by atoms with van der Waals surface area (Å²) < 4.78 is 0. The van der Waals surface area contributed by atoms with Crippen LogP contribution in [-0.2, 0) is 16.8 Å². The van der Waals surface area contributed by atoms with E-state index in [9.17, 15) is 4.79 Å². The predicted molar refractivity (Wildman–Crippen MR) is 112 cm³/mol. The van der Waals surface area contributed by atoms with Crippen LogP contribution in [0.25, 0.3) is 11.1 Å². The minimum atomic E-state index is -0.155. The Kier molecular flexibility index (Phi) is 7.67. The summed E-state index contributed by atoms with van der Waals surface area (Å²) in [6.07, 6.45) is 0. The Bertz CT molecular complexity index is 859. The van der Waals surface area contributed by atoms with E-state index in [4.69, 9.17) is 5.73 Å². The standard InChI is InChI=1S/C16H16N2O.C7H8N.Co/c1-12-7-9-14(10-8-12)18-15(11-17-16(18)19)13-5-3-2-4-6-13;1-6-2-4-7(8)5-3-6;/h2-10,15H,11H2,1H3,(H,17,19);2-5,8H,1H3;/q;-1;+2/p-1. The van der Waals surface area contributed by atoms with Gasteiger partial charge in [0.2, 0.25) is 0 Å². The minimum Gasteiger partial charge on any atom is -0.699 e. The van der Waals surface area contributed by atoms with Crippen LogP contribution >= 0.6 is 0 Å². The quantitative estimate of drug-likeness (QED) is 0.457. The van der Waals surface area contributed by atoms with E-state index >= 15 is 0 Å². The first kappa shape index (κ1) is 21.5. The van der Waals surface area contributed by atoms with Gasteiger partial charge in [0, 0.05) is 0 Å². The zero-order valence-electron chi connectivity index (χ0n) is 15.9. The van der Waals surface area contributed by atoms with Gasteiger partial charge in [-0.15, -0.1) is 5.69 Å². The molecule has 1 radical (unpaired) electrons. The summed E-state index contributed by atoms with van der Waals surface area (Å²) in [5.74, 6) is 0. The first-order chi connectivity index (χ1) is 13.0. The molecule has 1 saturated heterocycles. The Labute approximate surface area is 177 Å². The number of nitrogens with one attached hydrogen (secondary N) is 1. The van der Waals surface area contributed by atoms with Crippen LogP contribution in [0.3, 0.4) is 0 Å². The van der Waals surface area contributed by atoms with Crippen LogP contribution in [0.15, 0.2) is 78.9 Å². The van der Waals surface area contributed by atoms with Crippen molar-refractivity contribution >= 4 is 17.4 Å². The van der Waals surface area contributed by atoms with Gasteiger partial charge in [0.05, 0.1) is 0 Å². The van der Waals surface area contributed by atoms with Gasteiger partial charge in [-0.25, -0.2) is 0 Å². The van der Waals surface area contributed by atoms with Crippen LogP contribution in [0.5, 0.6) is 0 Å². The zero-order valence-corrected chi connectivity index (χ0v) is 17.0. The molecular weight excluding hydrogens is 393 g/mol. The largest absolute Gasteiger partial charge is 2.00 e. The summed E-state index contributed by atoms with van der Waals surface area (Å²) in [5.41, 5.74) is 12.1. The number of carbonyl (C=O) groups excluding carboxylic acids is 1. The number of anilines is 1. The second-order valence-corrected chi connectivity index (χ2v) is 6.62. The molecule has 0 bridgehead atoms. The maximum Gasteiger partial charge on any atom is 2.00 e. The van der Waals surface area contributed by atoms with Crippen molar-refractivity contribution < 1.29 is 21.6 Å². The number of amides is 2. The Hall–Kier alpha value is -2.76. The molecule has 1 heterocycles. The van der Waals surface area contributed by atoms with E-state index in [1.54, 1.807) is 17.0 Å². The maximum absolute atomic E-state index is 12.0. The third kappa shape index (κ3) is 5.37. The third-order valence-electron chi connectivity index (χ3n) is 4.47. The van der Waals surface area contributed by atoms with E-state index in [-0.39, 0.29) is 28.9 Å². The second-order valence-electron chi connectivity index (χ2n) is 6.62. The molecule has 2 amide bonds. The number of nitrogens with zero attached hydrogens (tertiary/aromatic N) is 2. The van der Waals surface area contributed by atoms with Crippen LogP contribution < -0.4 is 4.90 Å². The summed E-state index contributed by atoms with van der Waals surface area (Å²) in [5, 5.41) is 4.06. The Balaban J connectivity index is 0.000000264. The summed E-state index contributed by atoms with van der Waals surface area (Å²) in [6, 6.07) is 25.3. The van der Waals surface area contributed by atoms with Gasteiger partial charge in [0.25, 0.3) is 0 Å². The van der Waals surface area contributed by atoms with Gasteiger partial charge < -0.3 is 16.0 Å². The van der Waals surface area contributed by atoms with E-state index in [0.29, 0.717) is 12.2 Å². The molecule has 0 saturated carbocycles. The van der Waals surface area contributed by atoms with Gasteiger partial charge in [-0.2, -0.15) is 0 Å². The van der Waals surface area contributed by atoms with Crippen molar-refractivity contribution in [1.29, 1.82) is 0 Å². The van der Waals surface area contributed by atoms with Crippen LogP contribution in [0.1, 0.15) is 22.7 Å². The van der Waals surface area contributed by atoms with Gasteiger partial charge in [0.15, 0.2) is 6.03 Å². The topological polar surface area (TPSA) is 58.2 Å². The molecule has 0 spiro atoms. The van der Waals surface area contributed by atoms with Crippen molar-refractivity contribution in [2.24, 2.45) is 0 Å². The Morgan fingerprint density at radius 3 is 1.93 bits per heavy atom. The van der Waals surface area contributed by atoms with Crippen LogP contribution in [0.4, 0.5) is 16.2 Å². The number of benzene rings is 3. The van der Waals surface area contributed by atoms with Crippen LogP contribution in [0.2, 0.25) is 0 Å². The fourth-order valence-electron chi connectivity index (χ4n) is 2.93. The molecule has 1 unspecified atom stereocenters. The van der Waals surface area contributed by atoms with Gasteiger partial charge >= 0.3 is 16.8 Å². The van der Waals surface area contributed by atoms with E-state index in [1.807, 2.05) is 80.6 Å². The smallest absolute Gasteiger partial charge is 0.699 e. The first-order valence-corrected chi connectivity index (χ1v) is 8.95. The van der Waals surface area contributed by atoms with Crippen molar-refractivity contribution in [2.75, 3.05) is 11.4 Å². The molecule has 4 nitrogen and oxygen atoms in total. The van der Waals surface area contributed by atoms with Crippen molar-refractivity contribution in [3.05, 3.63) is 107 Å². The molecule has 0 aromatic heterocycles. The van der Waals surface area contributed by atoms with Crippen LogP contribution in [0, 0.1) is 13.8 Å². The van der Waals surface area contributed by atoms with E-state index in [1.165, 1.54) is 11.1 Å². The molecule has 1 atom stereocenters. The number of hydrogen-bond acceptors (Lipinski definition) is 1. The fraction of sp³-hybridized carbons (Fsp3) is 0.174. The van der Waals surface area contributed by atoms with Gasteiger partial charge in [-0.1, -0.05) is 90.0 Å². The van der Waals surface area contributed by atoms with Gasteiger partial charge in [-0.3, -0.25) is 4.79 Å². The normalized spacial score (nSPS) is 15.1. The van der Waals surface area contributed by atoms with Crippen LogP contribution in [-0.4, -0.2) is 12.6 Å². The average molecular weight is 416 g/mol. The molecular formula is C23H23CoN3O. The number of aryl methyl sites for hydroxylation is 2. The maximum atomic E-state index is 12.0. The van der Waals surface area contributed by atoms with Crippen molar-refractivity contribution in [1.82, 2.24) is 0 Å². The summed E-state index contributed by atoms with van der Waals surface area (Å²) in [7, 11) is 0. The molecule has 1 aliphatic rings. The van der Waals surface area contributed by atoms with Crippen molar-refractivity contribution in [2.45, 2.75) is 19.9 Å². The van der Waals surface area contributed by atoms with E-state index in [2.05, 4.69) is 5.32 Å². The molecule has 4 rings (SSSR count). The molecule has 3 aromatic carbocycles. The average Bonchev–Trinajstić information content (AvgIpc) is 3.08. The number of hydrogen-bond donors (Lipinski definition) is 0.